The number of benzene rings is 1. The zero-order chi connectivity index (χ0) is 18.1. The summed E-state index contributed by atoms with van der Waals surface area (Å²) in [5.41, 5.74) is 1.11. The van der Waals surface area contributed by atoms with Crippen LogP contribution in [0.2, 0.25) is 0 Å². The van der Waals surface area contributed by atoms with Crippen LogP contribution in [0.25, 0.3) is 0 Å². The topological polar surface area (TPSA) is 54.3 Å². The third-order valence-electron chi connectivity index (χ3n) is 5.88. The van der Waals surface area contributed by atoms with Crippen LogP contribution in [-0.4, -0.2) is 56.7 Å². The van der Waals surface area contributed by atoms with E-state index in [-0.39, 0.29) is 23.7 Å². The number of hydrogen-bond donors (Lipinski definition) is 1. The van der Waals surface area contributed by atoms with E-state index in [2.05, 4.69) is 11.0 Å². The van der Waals surface area contributed by atoms with Gasteiger partial charge in [-0.1, -0.05) is 24.3 Å². The van der Waals surface area contributed by atoms with Crippen LogP contribution in [0, 0.1) is 11.8 Å². The highest BCUT2D eigenvalue weighted by Gasteiger charge is 2.48. The first-order chi connectivity index (χ1) is 12.7. The lowest BCUT2D eigenvalue weighted by Gasteiger charge is -2.35. The molecule has 4 rings (SSSR count). The van der Waals surface area contributed by atoms with Crippen molar-refractivity contribution in [3.05, 3.63) is 36.4 Å². The Morgan fingerprint density at radius 3 is 2.27 bits per heavy atom. The molecule has 2 aliphatic heterocycles. The lowest BCUT2D eigenvalue weighted by Crippen LogP contribution is -3.16. The number of piperazine rings is 1. The van der Waals surface area contributed by atoms with Gasteiger partial charge in [0, 0.05) is 0 Å². The molecular weight excluding hydrogens is 330 g/mol. The fourth-order valence-corrected chi connectivity index (χ4v) is 4.36. The van der Waals surface area contributed by atoms with Crippen molar-refractivity contribution in [1.29, 1.82) is 0 Å². The molecule has 138 valence electrons. The Bertz CT molecular complexity index is 699. The minimum atomic E-state index is -0.123. The smallest absolute Gasteiger partial charge is 0.237 e. The van der Waals surface area contributed by atoms with Crippen LogP contribution in [0.1, 0.15) is 12.8 Å². The molecule has 1 N–H and O–H groups in total. The first kappa shape index (κ1) is 17.1. The number of hydrogen-bond acceptors (Lipinski definition) is 4. The third kappa shape index (κ3) is 2.98. The molecule has 1 aliphatic carbocycles. The summed E-state index contributed by atoms with van der Waals surface area (Å²) in [7, 11) is 1.69. The summed E-state index contributed by atoms with van der Waals surface area (Å²) >= 11 is 0. The maximum absolute atomic E-state index is 12.6. The molecule has 2 atom stereocenters. The molecule has 0 bridgehead atoms. The molecule has 0 unspecified atom stereocenters. The van der Waals surface area contributed by atoms with Gasteiger partial charge in [0.2, 0.25) is 11.8 Å². The van der Waals surface area contributed by atoms with Crippen molar-refractivity contribution in [2.75, 3.05) is 44.9 Å². The Morgan fingerprint density at radius 2 is 1.65 bits per heavy atom. The van der Waals surface area contributed by atoms with Crippen molar-refractivity contribution >= 4 is 17.5 Å². The molecule has 0 aromatic heterocycles. The number of para-hydroxylation sites is 2. The number of fused-ring (bicyclic) bond motifs is 1. The van der Waals surface area contributed by atoms with Gasteiger partial charge in [0.25, 0.3) is 0 Å². The summed E-state index contributed by atoms with van der Waals surface area (Å²) in [6.07, 6.45) is 5.49. The van der Waals surface area contributed by atoms with Crippen molar-refractivity contribution in [2.45, 2.75) is 12.8 Å². The van der Waals surface area contributed by atoms with Crippen molar-refractivity contribution in [2.24, 2.45) is 11.8 Å². The van der Waals surface area contributed by atoms with Crippen LogP contribution in [0.4, 0.5) is 5.69 Å². The molecule has 6 nitrogen and oxygen atoms in total. The third-order valence-corrected chi connectivity index (χ3v) is 5.88. The number of amides is 2. The normalized spacial score (nSPS) is 26.3. The van der Waals surface area contributed by atoms with Crippen LogP contribution in [-0.2, 0) is 9.59 Å². The lowest BCUT2D eigenvalue weighted by atomic mass is 9.85. The van der Waals surface area contributed by atoms with E-state index in [1.54, 1.807) is 7.11 Å². The number of methoxy groups -OCH3 is 1. The van der Waals surface area contributed by atoms with Crippen molar-refractivity contribution < 1.29 is 19.2 Å². The molecule has 2 fully saturated rings. The minimum absolute atomic E-state index is 0.0315. The van der Waals surface area contributed by atoms with Gasteiger partial charge in [0.15, 0.2) is 6.67 Å². The van der Waals surface area contributed by atoms with Gasteiger partial charge in [0.1, 0.15) is 5.75 Å². The van der Waals surface area contributed by atoms with E-state index in [9.17, 15) is 9.59 Å². The first-order valence-corrected chi connectivity index (χ1v) is 9.41. The molecule has 26 heavy (non-hydrogen) atoms. The van der Waals surface area contributed by atoms with Crippen molar-refractivity contribution in [1.82, 2.24) is 4.90 Å². The van der Waals surface area contributed by atoms with E-state index >= 15 is 0 Å². The number of nitrogens with one attached hydrogen (secondary N) is 1. The van der Waals surface area contributed by atoms with Crippen molar-refractivity contribution in [3.63, 3.8) is 0 Å². The average Bonchev–Trinajstić information content (AvgIpc) is 2.94. The summed E-state index contributed by atoms with van der Waals surface area (Å²) in [5, 5.41) is 0. The number of quaternary nitrogens is 1. The van der Waals surface area contributed by atoms with Gasteiger partial charge in [-0.2, -0.15) is 0 Å². The number of carbonyl (C=O) groups excluding carboxylic acids is 2. The standard InChI is InChI=1S/C20H25N3O3/c1-26-18-9-5-4-8-17(18)22-12-10-21(11-13-22)14-23-19(24)15-6-2-3-7-16(15)20(23)25/h2-5,8-9,15-16H,6-7,10-14H2,1H3/p+1/t15-,16-/m1/s1. The van der Waals surface area contributed by atoms with Gasteiger partial charge in [-0.05, 0) is 25.0 Å². The molecule has 0 saturated carbocycles. The largest absolute Gasteiger partial charge is 0.495 e. The first-order valence-electron chi connectivity index (χ1n) is 9.41. The van der Waals surface area contributed by atoms with Gasteiger partial charge in [-0.25, -0.2) is 4.90 Å². The second-order valence-electron chi connectivity index (χ2n) is 7.33. The molecule has 2 amide bonds. The SMILES string of the molecule is COc1ccccc1N1CC[NH+](CN2C(=O)[C@@H]3CC=CC[C@H]3C2=O)CC1. The number of ether oxygens (including phenoxy) is 1. The number of allylic oxidation sites excluding steroid dienone is 2. The predicted octanol–water partition coefficient (Wildman–Crippen LogP) is 0.309. The number of nitrogens with zero attached hydrogens (tertiary/aromatic N) is 2. The summed E-state index contributed by atoms with van der Waals surface area (Å²) in [4.78, 5) is 30.4. The van der Waals surface area contributed by atoms with E-state index in [0.29, 0.717) is 19.5 Å². The van der Waals surface area contributed by atoms with E-state index < -0.39 is 0 Å². The summed E-state index contributed by atoms with van der Waals surface area (Å²) in [5.74, 6) is 0.703. The Labute approximate surface area is 154 Å². The molecule has 1 aromatic carbocycles. The van der Waals surface area contributed by atoms with Crippen LogP contribution >= 0.6 is 0 Å². The number of rotatable bonds is 4. The number of anilines is 1. The zero-order valence-corrected chi connectivity index (χ0v) is 15.2. The Morgan fingerprint density at radius 1 is 1.04 bits per heavy atom. The molecular formula is C20H26N3O3+. The van der Waals surface area contributed by atoms with Gasteiger partial charge < -0.3 is 14.5 Å². The summed E-state index contributed by atoms with van der Waals surface area (Å²) in [6, 6.07) is 8.05. The van der Waals surface area contributed by atoms with E-state index in [0.717, 1.165) is 37.6 Å². The maximum Gasteiger partial charge on any atom is 0.237 e. The fourth-order valence-electron chi connectivity index (χ4n) is 4.36. The Kier molecular flexibility index (Phi) is 4.68. The van der Waals surface area contributed by atoms with Crippen LogP contribution in [0.5, 0.6) is 5.75 Å². The highest BCUT2D eigenvalue weighted by Crippen LogP contribution is 2.34. The number of imide groups is 1. The van der Waals surface area contributed by atoms with Gasteiger partial charge in [-0.15, -0.1) is 0 Å². The average molecular weight is 356 g/mol. The highest BCUT2D eigenvalue weighted by molar-refractivity contribution is 6.05. The minimum Gasteiger partial charge on any atom is -0.495 e. The predicted molar refractivity (Wildman–Crippen MR) is 98.0 cm³/mol. The van der Waals surface area contributed by atoms with Gasteiger partial charge >= 0.3 is 0 Å². The van der Waals surface area contributed by atoms with Gasteiger partial charge in [0.05, 0.1) is 50.8 Å². The monoisotopic (exact) mass is 356 g/mol. The van der Waals surface area contributed by atoms with E-state index in [4.69, 9.17) is 4.74 Å². The molecule has 2 saturated heterocycles. The Hall–Kier alpha value is -2.34. The molecule has 1 aromatic rings. The second-order valence-corrected chi connectivity index (χ2v) is 7.33. The van der Waals surface area contributed by atoms with Crippen LogP contribution in [0.3, 0.4) is 0 Å². The summed E-state index contributed by atoms with van der Waals surface area (Å²) in [6.45, 7) is 4.09. The zero-order valence-electron chi connectivity index (χ0n) is 15.2. The second kappa shape index (κ2) is 7.11. The molecule has 6 heteroatoms. The molecule has 3 aliphatic rings. The summed E-state index contributed by atoms with van der Waals surface area (Å²) < 4.78 is 5.46. The maximum atomic E-state index is 12.6. The van der Waals surface area contributed by atoms with Crippen LogP contribution < -0.4 is 14.5 Å². The van der Waals surface area contributed by atoms with E-state index in [1.807, 2.05) is 30.4 Å². The van der Waals surface area contributed by atoms with Crippen LogP contribution in [0.15, 0.2) is 36.4 Å². The van der Waals surface area contributed by atoms with Gasteiger partial charge in [-0.3, -0.25) is 9.59 Å². The number of carbonyl (C=O) groups is 2. The van der Waals surface area contributed by atoms with Crippen molar-refractivity contribution in [3.8, 4) is 5.75 Å². The fraction of sp³-hybridized carbons (Fsp3) is 0.500. The molecule has 0 radical (unpaired) electrons. The Balaban J connectivity index is 1.37. The number of likely N-dealkylation sites (tertiary alicyclic amines) is 1. The molecule has 0 spiro atoms. The van der Waals surface area contributed by atoms with E-state index in [1.165, 1.54) is 9.80 Å². The quantitative estimate of drug-likeness (QED) is 0.623. The molecule has 2 heterocycles. The lowest BCUT2D eigenvalue weighted by molar-refractivity contribution is -0.908. The highest BCUT2D eigenvalue weighted by atomic mass is 16.5.